The molecule has 0 unspecified atom stereocenters. The van der Waals surface area contributed by atoms with Crippen molar-refractivity contribution in [2.75, 3.05) is 0 Å². The van der Waals surface area contributed by atoms with E-state index in [-0.39, 0.29) is 6.04 Å². The van der Waals surface area contributed by atoms with Gasteiger partial charge in [0.15, 0.2) is 0 Å². The van der Waals surface area contributed by atoms with Crippen molar-refractivity contribution in [2.45, 2.75) is 64.5 Å². The molecule has 17 heavy (non-hydrogen) atoms. The van der Waals surface area contributed by atoms with Crippen LogP contribution in [-0.4, -0.2) is 9.55 Å². The van der Waals surface area contributed by atoms with Crippen LogP contribution in [0.1, 0.15) is 63.6 Å². The number of nitrogens with zero attached hydrogens (tertiary/aromatic N) is 2. The first-order valence-corrected chi connectivity index (χ1v) is 7.07. The van der Waals surface area contributed by atoms with E-state index < -0.39 is 0 Å². The van der Waals surface area contributed by atoms with Crippen molar-refractivity contribution in [2.24, 2.45) is 11.7 Å². The maximum Gasteiger partial charge on any atom is 0.0948 e. The Bertz CT molecular complexity index is 326. The fraction of sp³-hybridized carbons (Fsp3) is 0.786. The first-order chi connectivity index (χ1) is 8.31. The fourth-order valence-corrected chi connectivity index (χ4v) is 2.83. The number of imidazole rings is 1. The highest BCUT2D eigenvalue weighted by atomic mass is 15.1. The molecular formula is C14H25N3. The van der Waals surface area contributed by atoms with Crippen molar-refractivity contribution in [3.63, 3.8) is 0 Å². The average molecular weight is 235 g/mol. The second-order valence-corrected chi connectivity index (χ2v) is 5.32. The van der Waals surface area contributed by atoms with Crippen LogP contribution < -0.4 is 5.73 Å². The summed E-state index contributed by atoms with van der Waals surface area (Å²) in [4.78, 5) is 4.24. The van der Waals surface area contributed by atoms with Crippen LogP contribution in [0.2, 0.25) is 0 Å². The molecule has 1 atom stereocenters. The van der Waals surface area contributed by atoms with E-state index in [1.807, 2.05) is 12.5 Å². The molecule has 96 valence electrons. The smallest absolute Gasteiger partial charge is 0.0948 e. The molecule has 0 bridgehead atoms. The second-order valence-electron chi connectivity index (χ2n) is 5.32. The molecule has 0 saturated heterocycles. The zero-order valence-electron chi connectivity index (χ0n) is 10.9. The van der Waals surface area contributed by atoms with Crippen LogP contribution in [0.25, 0.3) is 0 Å². The summed E-state index contributed by atoms with van der Waals surface area (Å²) in [6.07, 6.45) is 13.3. The maximum absolute atomic E-state index is 6.09. The quantitative estimate of drug-likeness (QED) is 0.851. The third-order valence-electron chi connectivity index (χ3n) is 4.07. The van der Waals surface area contributed by atoms with Gasteiger partial charge in [-0.2, -0.15) is 0 Å². The van der Waals surface area contributed by atoms with Gasteiger partial charge in [0, 0.05) is 18.8 Å². The molecule has 1 aromatic heterocycles. The minimum atomic E-state index is 0.142. The Morgan fingerprint density at radius 3 is 2.88 bits per heavy atom. The topological polar surface area (TPSA) is 43.8 Å². The minimum Gasteiger partial charge on any atom is -0.333 e. The maximum atomic E-state index is 6.09. The van der Waals surface area contributed by atoms with Crippen LogP contribution in [0, 0.1) is 5.92 Å². The molecule has 1 aromatic rings. The molecule has 1 saturated carbocycles. The fourth-order valence-electron chi connectivity index (χ4n) is 2.83. The summed E-state index contributed by atoms with van der Waals surface area (Å²) in [5, 5.41) is 0. The van der Waals surface area contributed by atoms with Gasteiger partial charge in [-0.05, 0) is 18.8 Å². The van der Waals surface area contributed by atoms with Gasteiger partial charge in [-0.1, -0.05) is 39.0 Å². The molecule has 1 fully saturated rings. The molecule has 0 amide bonds. The Hall–Kier alpha value is -0.830. The molecule has 1 heterocycles. The van der Waals surface area contributed by atoms with Gasteiger partial charge in [0.25, 0.3) is 0 Å². The number of hydrogen-bond acceptors (Lipinski definition) is 2. The van der Waals surface area contributed by atoms with Gasteiger partial charge < -0.3 is 10.3 Å². The Kier molecular flexibility index (Phi) is 4.60. The largest absolute Gasteiger partial charge is 0.333 e. The summed E-state index contributed by atoms with van der Waals surface area (Å²) >= 11 is 0. The highest BCUT2D eigenvalue weighted by Crippen LogP contribution is 2.27. The van der Waals surface area contributed by atoms with Crippen LogP contribution in [0.5, 0.6) is 0 Å². The average Bonchev–Trinajstić information content (AvgIpc) is 2.85. The van der Waals surface area contributed by atoms with Crippen molar-refractivity contribution in [1.29, 1.82) is 0 Å². The number of rotatable bonds is 5. The summed E-state index contributed by atoms with van der Waals surface area (Å²) in [6.45, 7) is 3.22. The Balaban J connectivity index is 1.87. The lowest BCUT2D eigenvalue weighted by Gasteiger charge is -2.22. The van der Waals surface area contributed by atoms with Gasteiger partial charge in [-0.15, -0.1) is 0 Å². The molecular weight excluding hydrogens is 210 g/mol. The zero-order chi connectivity index (χ0) is 12.1. The molecule has 0 aliphatic heterocycles. The summed E-state index contributed by atoms with van der Waals surface area (Å²) in [5.41, 5.74) is 7.28. The third kappa shape index (κ3) is 3.32. The molecule has 0 radical (unpaired) electrons. The van der Waals surface area contributed by atoms with E-state index in [1.165, 1.54) is 44.2 Å². The second kappa shape index (κ2) is 6.20. The molecule has 0 aromatic carbocycles. The van der Waals surface area contributed by atoms with E-state index in [9.17, 15) is 0 Å². The third-order valence-corrected chi connectivity index (χ3v) is 4.07. The molecule has 2 rings (SSSR count). The summed E-state index contributed by atoms with van der Waals surface area (Å²) in [7, 11) is 0. The first kappa shape index (κ1) is 12.6. The van der Waals surface area contributed by atoms with Gasteiger partial charge in [0.1, 0.15) is 0 Å². The van der Waals surface area contributed by atoms with Gasteiger partial charge in [0.05, 0.1) is 12.0 Å². The van der Waals surface area contributed by atoms with Gasteiger partial charge in [0.2, 0.25) is 0 Å². The number of hydrogen-bond donors (Lipinski definition) is 1. The standard InChI is InChI=1S/C14H25N3/c1-2-13(15)14-10-16-11-17(14)9-8-12-6-4-3-5-7-12/h10-13H,2-9,15H2,1H3/t13-/m1/s1. The van der Waals surface area contributed by atoms with Gasteiger partial charge in [-0.25, -0.2) is 4.98 Å². The van der Waals surface area contributed by atoms with Crippen LogP contribution >= 0.6 is 0 Å². The number of nitrogens with two attached hydrogens (primary N) is 1. The van der Waals surface area contributed by atoms with Crippen LogP contribution in [0.15, 0.2) is 12.5 Å². The number of aryl methyl sites for hydroxylation is 1. The van der Waals surface area contributed by atoms with Crippen molar-refractivity contribution < 1.29 is 0 Å². The lowest BCUT2D eigenvalue weighted by atomic mass is 9.87. The van der Waals surface area contributed by atoms with E-state index in [0.717, 1.165) is 18.9 Å². The van der Waals surface area contributed by atoms with E-state index in [2.05, 4.69) is 16.5 Å². The molecule has 1 aliphatic rings. The zero-order valence-corrected chi connectivity index (χ0v) is 10.9. The van der Waals surface area contributed by atoms with Crippen molar-refractivity contribution >= 4 is 0 Å². The SMILES string of the molecule is CC[C@@H](N)c1cncn1CCC1CCCCC1. The lowest BCUT2D eigenvalue weighted by Crippen LogP contribution is -2.16. The van der Waals surface area contributed by atoms with Gasteiger partial charge >= 0.3 is 0 Å². The predicted octanol–water partition coefficient (Wildman–Crippen LogP) is 3.26. The highest BCUT2D eigenvalue weighted by Gasteiger charge is 2.15. The van der Waals surface area contributed by atoms with Crippen molar-refractivity contribution in [3.8, 4) is 0 Å². The first-order valence-electron chi connectivity index (χ1n) is 7.07. The van der Waals surface area contributed by atoms with E-state index in [1.54, 1.807) is 0 Å². The Labute approximate surface area is 104 Å². The molecule has 1 aliphatic carbocycles. The van der Waals surface area contributed by atoms with E-state index in [4.69, 9.17) is 5.73 Å². The Morgan fingerprint density at radius 2 is 2.18 bits per heavy atom. The highest BCUT2D eigenvalue weighted by molar-refractivity contribution is 5.04. The molecule has 0 spiro atoms. The monoisotopic (exact) mass is 235 g/mol. The molecule has 3 nitrogen and oxygen atoms in total. The minimum absolute atomic E-state index is 0.142. The lowest BCUT2D eigenvalue weighted by molar-refractivity contribution is 0.322. The van der Waals surface area contributed by atoms with Gasteiger partial charge in [-0.3, -0.25) is 0 Å². The van der Waals surface area contributed by atoms with E-state index >= 15 is 0 Å². The predicted molar refractivity (Wildman–Crippen MR) is 70.6 cm³/mol. The molecule has 3 heteroatoms. The Morgan fingerprint density at radius 1 is 1.41 bits per heavy atom. The normalized spacial score (nSPS) is 19.4. The molecule has 2 N–H and O–H groups in total. The van der Waals surface area contributed by atoms with E-state index in [0.29, 0.717) is 0 Å². The number of aromatic nitrogens is 2. The summed E-state index contributed by atoms with van der Waals surface area (Å²) in [6, 6.07) is 0.142. The summed E-state index contributed by atoms with van der Waals surface area (Å²) < 4.78 is 2.25. The van der Waals surface area contributed by atoms with Crippen molar-refractivity contribution in [1.82, 2.24) is 9.55 Å². The van der Waals surface area contributed by atoms with Crippen LogP contribution in [0.3, 0.4) is 0 Å². The van der Waals surface area contributed by atoms with Crippen LogP contribution in [0.4, 0.5) is 0 Å². The van der Waals surface area contributed by atoms with Crippen molar-refractivity contribution in [3.05, 3.63) is 18.2 Å². The summed E-state index contributed by atoms with van der Waals surface area (Å²) in [5.74, 6) is 0.928. The van der Waals surface area contributed by atoms with Crippen LogP contribution in [-0.2, 0) is 6.54 Å².